The molecular formula is C20H19N3O4. The number of aryl methyl sites for hydroxylation is 2. The van der Waals surface area contributed by atoms with E-state index in [0.717, 1.165) is 11.1 Å². The second-order valence-corrected chi connectivity index (χ2v) is 6.53. The number of carbonyl (C=O) groups excluding carboxylic acids is 1. The first kappa shape index (κ1) is 18.3. The van der Waals surface area contributed by atoms with E-state index in [1.54, 1.807) is 31.1 Å². The minimum absolute atomic E-state index is 0.0425. The highest BCUT2D eigenvalue weighted by atomic mass is 16.6. The average molecular weight is 365 g/mol. The number of anilines is 1. The molecular weight excluding hydrogens is 346 g/mol. The summed E-state index contributed by atoms with van der Waals surface area (Å²) >= 11 is 0. The van der Waals surface area contributed by atoms with Crippen molar-refractivity contribution in [2.75, 3.05) is 19.0 Å². The van der Waals surface area contributed by atoms with Crippen LogP contribution in [0.4, 0.5) is 11.4 Å². The quantitative estimate of drug-likeness (QED) is 0.357. The lowest BCUT2D eigenvalue weighted by Crippen LogP contribution is -2.11. The van der Waals surface area contributed by atoms with Crippen LogP contribution in [0.25, 0.3) is 6.08 Å². The van der Waals surface area contributed by atoms with Gasteiger partial charge in [-0.1, -0.05) is 12.1 Å². The van der Waals surface area contributed by atoms with Crippen molar-refractivity contribution >= 4 is 29.3 Å². The summed E-state index contributed by atoms with van der Waals surface area (Å²) in [7, 11) is 3.46. The highest BCUT2D eigenvalue weighted by molar-refractivity contribution is 6.13. The number of nitro benzene ring substituents is 1. The highest BCUT2D eigenvalue weighted by Gasteiger charge is 2.25. The molecule has 0 radical (unpaired) electrons. The Kier molecular flexibility index (Phi) is 4.77. The van der Waals surface area contributed by atoms with Crippen LogP contribution in [0.3, 0.4) is 0 Å². The molecule has 0 unspecified atom stereocenters. The Morgan fingerprint density at radius 3 is 2.48 bits per heavy atom. The van der Waals surface area contributed by atoms with Crippen LogP contribution in [0.1, 0.15) is 22.3 Å². The summed E-state index contributed by atoms with van der Waals surface area (Å²) in [5.74, 6) is -0.351. The van der Waals surface area contributed by atoms with Crippen LogP contribution in [-0.4, -0.2) is 30.9 Å². The molecule has 1 aliphatic rings. The standard InChI is InChI=1S/C20H19N3O4/c1-12-5-7-15(9-13(12)2)19-21-16(20(24)27-19)10-14-6-8-17(22(3)4)18(11-14)23(25)26/h5-11H,1-4H3/b16-10-. The number of hydrogen-bond donors (Lipinski definition) is 0. The Morgan fingerprint density at radius 2 is 1.85 bits per heavy atom. The van der Waals surface area contributed by atoms with Gasteiger partial charge in [0.1, 0.15) is 5.69 Å². The summed E-state index contributed by atoms with van der Waals surface area (Å²) in [6.45, 7) is 3.97. The molecule has 3 rings (SSSR count). The fraction of sp³-hybridized carbons (Fsp3) is 0.200. The number of nitro groups is 1. The lowest BCUT2D eigenvalue weighted by atomic mass is 10.1. The first-order chi connectivity index (χ1) is 12.8. The fourth-order valence-corrected chi connectivity index (χ4v) is 2.72. The molecule has 1 heterocycles. The SMILES string of the molecule is Cc1ccc(C2=N/C(=C\c3ccc(N(C)C)c([N+](=O)[O-])c3)C(=O)O2)cc1C. The molecule has 0 aliphatic carbocycles. The lowest BCUT2D eigenvalue weighted by molar-refractivity contribution is -0.384. The van der Waals surface area contributed by atoms with Crippen LogP contribution in [0.5, 0.6) is 0 Å². The second kappa shape index (κ2) is 7.03. The summed E-state index contributed by atoms with van der Waals surface area (Å²) < 4.78 is 5.27. The number of hydrogen-bond acceptors (Lipinski definition) is 6. The molecule has 2 aromatic rings. The van der Waals surface area contributed by atoms with Gasteiger partial charge in [0, 0.05) is 25.7 Å². The monoisotopic (exact) mass is 365 g/mol. The van der Waals surface area contributed by atoms with E-state index in [0.29, 0.717) is 16.8 Å². The number of ether oxygens (including phenoxy) is 1. The molecule has 0 amide bonds. The zero-order chi connectivity index (χ0) is 19.7. The molecule has 1 aliphatic heterocycles. The molecule has 0 atom stereocenters. The van der Waals surface area contributed by atoms with Gasteiger partial charge in [-0.15, -0.1) is 0 Å². The smallest absolute Gasteiger partial charge is 0.363 e. The summed E-state index contributed by atoms with van der Waals surface area (Å²) in [5, 5.41) is 11.3. The van der Waals surface area contributed by atoms with Crippen molar-refractivity contribution in [3.63, 3.8) is 0 Å². The molecule has 27 heavy (non-hydrogen) atoms. The molecule has 2 aromatic carbocycles. The Balaban J connectivity index is 1.98. The third-order valence-corrected chi connectivity index (χ3v) is 4.36. The van der Waals surface area contributed by atoms with Gasteiger partial charge in [0.2, 0.25) is 5.90 Å². The van der Waals surface area contributed by atoms with E-state index >= 15 is 0 Å². The zero-order valence-electron chi connectivity index (χ0n) is 15.5. The van der Waals surface area contributed by atoms with Crippen LogP contribution in [0.15, 0.2) is 47.1 Å². The number of nitrogens with zero attached hydrogens (tertiary/aromatic N) is 3. The van der Waals surface area contributed by atoms with Crippen molar-refractivity contribution < 1.29 is 14.5 Å². The maximum atomic E-state index is 12.2. The Hall–Kier alpha value is -3.48. The zero-order valence-corrected chi connectivity index (χ0v) is 15.5. The van der Waals surface area contributed by atoms with Crippen molar-refractivity contribution in [2.24, 2.45) is 4.99 Å². The van der Waals surface area contributed by atoms with Crippen LogP contribution in [-0.2, 0) is 9.53 Å². The number of esters is 1. The van der Waals surface area contributed by atoms with Gasteiger partial charge in [-0.3, -0.25) is 10.1 Å². The van der Waals surface area contributed by atoms with Gasteiger partial charge in [0.05, 0.1) is 4.92 Å². The van der Waals surface area contributed by atoms with E-state index < -0.39 is 10.9 Å². The molecule has 0 aromatic heterocycles. The first-order valence-electron chi connectivity index (χ1n) is 8.32. The Bertz CT molecular complexity index is 1010. The third-order valence-electron chi connectivity index (χ3n) is 4.36. The third kappa shape index (κ3) is 3.72. The van der Waals surface area contributed by atoms with Crippen LogP contribution in [0.2, 0.25) is 0 Å². The van der Waals surface area contributed by atoms with Gasteiger partial charge < -0.3 is 9.64 Å². The number of carbonyl (C=O) groups is 1. The Labute approximate surface area is 156 Å². The van der Waals surface area contributed by atoms with E-state index in [9.17, 15) is 14.9 Å². The van der Waals surface area contributed by atoms with E-state index in [2.05, 4.69) is 4.99 Å². The van der Waals surface area contributed by atoms with Crippen molar-refractivity contribution in [3.8, 4) is 0 Å². The van der Waals surface area contributed by atoms with Gasteiger partial charge in [-0.05, 0) is 54.8 Å². The minimum atomic E-state index is -0.581. The molecule has 0 bridgehead atoms. The summed E-state index contributed by atoms with van der Waals surface area (Å²) in [4.78, 5) is 29.0. The van der Waals surface area contributed by atoms with Gasteiger partial charge in [0.25, 0.3) is 5.69 Å². The Morgan fingerprint density at radius 1 is 1.11 bits per heavy atom. The van der Waals surface area contributed by atoms with E-state index in [-0.39, 0.29) is 17.3 Å². The van der Waals surface area contributed by atoms with Crippen molar-refractivity contribution in [2.45, 2.75) is 13.8 Å². The van der Waals surface area contributed by atoms with Gasteiger partial charge in [-0.2, -0.15) is 0 Å². The largest absolute Gasteiger partial charge is 0.402 e. The van der Waals surface area contributed by atoms with Crippen LogP contribution in [0, 0.1) is 24.0 Å². The van der Waals surface area contributed by atoms with Gasteiger partial charge in [0.15, 0.2) is 5.70 Å². The van der Waals surface area contributed by atoms with E-state index in [1.807, 2.05) is 32.0 Å². The van der Waals surface area contributed by atoms with Crippen LogP contribution < -0.4 is 4.90 Å². The number of rotatable bonds is 4. The minimum Gasteiger partial charge on any atom is -0.402 e. The number of aliphatic imine (C=N–C) groups is 1. The molecule has 0 N–H and O–H groups in total. The summed E-state index contributed by atoms with van der Waals surface area (Å²) in [5.41, 5.74) is 3.96. The summed E-state index contributed by atoms with van der Waals surface area (Å²) in [6.07, 6.45) is 1.49. The molecule has 138 valence electrons. The predicted octanol–water partition coefficient (Wildman–Crippen LogP) is 3.62. The van der Waals surface area contributed by atoms with Gasteiger partial charge >= 0.3 is 5.97 Å². The van der Waals surface area contributed by atoms with Crippen molar-refractivity contribution in [1.82, 2.24) is 0 Å². The molecule has 0 fully saturated rings. The number of cyclic esters (lactones) is 1. The van der Waals surface area contributed by atoms with Crippen LogP contribution >= 0.6 is 0 Å². The maximum absolute atomic E-state index is 12.2. The normalized spacial score (nSPS) is 14.9. The molecule has 7 heteroatoms. The molecule has 0 saturated heterocycles. The molecule has 0 saturated carbocycles. The predicted molar refractivity (Wildman–Crippen MR) is 104 cm³/mol. The second-order valence-electron chi connectivity index (χ2n) is 6.53. The van der Waals surface area contributed by atoms with Crippen molar-refractivity contribution in [3.05, 3.63) is 74.5 Å². The lowest BCUT2D eigenvalue weighted by Gasteiger charge is -2.12. The fourth-order valence-electron chi connectivity index (χ4n) is 2.72. The maximum Gasteiger partial charge on any atom is 0.363 e. The average Bonchev–Trinajstić information content (AvgIpc) is 2.97. The molecule has 7 nitrogen and oxygen atoms in total. The first-order valence-corrected chi connectivity index (χ1v) is 8.32. The van der Waals surface area contributed by atoms with Gasteiger partial charge in [-0.25, -0.2) is 9.79 Å². The summed E-state index contributed by atoms with van der Waals surface area (Å²) in [6, 6.07) is 10.4. The number of benzene rings is 2. The van der Waals surface area contributed by atoms with E-state index in [4.69, 9.17) is 4.74 Å². The van der Waals surface area contributed by atoms with Crippen molar-refractivity contribution in [1.29, 1.82) is 0 Å². The highest BCUT2D eigenvalue weighted by Crippen LogP contribution is 2.29. The topological polar surface area (TPSA) is 85.0 Å². The molecule has 0 spiro atoms. The van der Waals surface area contributed by atoms with E-state index in [1.165, 1.54) is 12.1 Å².